The number of carbonyl (C=O) groups is 1. The summed E-state index contributed by atoms with van der Waals surface area (Å²) >= 11 is 0. The number of ketones is 1. The smallest absolute Gasteiger partial charge is 0.168 e. The first kappa shape index (κ1) is 12.7. The lowest BCUT2D eigenvalue weighted by atomic mass is 10.1. The molecule has 4 nitrogen and oxygen atoms in total. The van der Waals surface area contributed by atoms with Gasteiger partial charge in [0, 0.05) is 19.7 Å². The Morgan fingerprint density at radius 3 is 2.94 bits per heavy atom. The number of carbonyl (C=O) groups excluding carboxylic acids is 1. The van der Waals surface area contributed by atoms with Gasteiger partial charge < -0.3 is 9.47 Å². The monoisotopic (exact) mass is 227 g/mol. The summed E-state index contributed by atoms with van der Waals surface area (Å²) in [6.45, 7) is 1.18. The van der Waals surface area contributed by atoms with Crippen molar-refractivity contribution in [1.82, 2.24) is 4.98 Å². The van der Waals surface area contributed by atoms with Gasteiger partial charge in [0.05, 0.1) is 31.6 Å². The van der Waals surface area contributed by atoms with Crippen LogP contribution in [0.2, 0.25) is 0 Å². The zero-order valence-electron chi connectivity index (χ0n) is 9.11. The average Bonchev–Trinajstić information content (AvgIpc) is 2.29. The summed E-state index contributed by atoms with van der Waals surface area (Å²) in [6, 6.07) is 1.37. The van der Waals surface area contributed by atoms with Crippen LogP contribution < -0.4 is 0 Å². The zero-order chi connectivity index (χ0) is 11.8. The Morgan fingerprint density at radius 2 is 2.25 bits per heavy atom. The van der Waals surface area contributed by atoms with Gasteiger partial charge in [0.25, 0.3) is 0 Å². The van der Waals surface area contributed by atoms with Crippen molar-refractivity contribution in [3.63, 3.8) is 0 Å². The third-order valence-electron chi connectivity index (χ3n) is 1.98. The molecule has 5 heteroatoms. The molecular formula is C11H14FNO3. The van der Waals surface area contributed by atoms with Gasteiger partial charge in [0.2, 0.25) is 0 Å². The summed E-state index contributed by atoms with van der Waals surface area (Å²) < 4.78 is 23.0. The number of rotatable bonds is 7. The first-order chi connectivity index (χ1) is 7.75. The Kier molecular flexibility index (Phi) is 5.60. The van der Waals surface area contributed by atoms with Crippen LogP contribution in [0.4, 0.5) is 4.39 Å². The van der Waals surface area contributed by atoms with Crippen LogP contribution in [0.1, 0.15) is 16.8 Å². The summed E-state index contributed by atoms with van der Waals surface area (Å²) in [4.78, 5) is 15.1. The Bertz CT molecular complexity index is 344. The molecule has 0 spiro atoms. The highest BCUT2D eigenvalue weighted by Gasteiger charge is 2.10. The largest absolute Gasteiger partial charge is 0.382 e. The lowest BCUT2D eigenvalue weighted by molar-refractivity contribution is 0.0640. The van der Waals surface area contributed by atoms with Crippen molar-refractivity contribution in [2.75, 3.05) is 26.9 Å². The molecule has 0 N–H and O–H groups in total. The minimum absolute atomic E-state index is 0.0605. The van der Waals surface area contributed by atoms with Crippen LogP contribution in [0.25, 0.3) is 0 Å². The SMILES string of the molecule is COCCOCCC(=O)c1ccncc1F. The van der Waals surface area contributed by atoms with Gasteiger partial charge in [-0.3, -0.25) is 9.78 Å². The third kappa shape index (κ3) is 4.04. The predicted molar refractivity (Wildman–Crippen MR) is 55.8 cm³/mol. The fourth-order valence-corrected chi connectivity index (χ4v) is 1.15. The molecule has 0 aliphatic rings. The van der Waals surface area contributed by atoms with E-state index in [2.05, 4.69) is 4.98 Å². The van der Waals surface area contributed by atoms with Crippen LogP contribution >= 0.6 is 0 Å². The van der Waals surface area contributed by atoms with E-state index in [-0.39, 0.29) is 24.4 Å². The quantitative estimate of drug-likeness (QED) is 0.522. The molecule has 0 saturated heterocycles. The van der Waals surface area contributed by atoms with Crippen LogP contribution in [-0.4, -0.2) is 37.7 Å². The van der Waals surface area contributed by atoms with E-state index in [1.54, 1.807) is 7.11 Å². The molecule has 0 saturated carbocycles. The second-order valence-electron chi connectivity index (χ2n) is 3.13. The van der Waals surface area contributed by atoms with E-state index in [1.807, 2.05) is 0 Å². The normalized spacial score (nSPS) is 10.4. The molecule has 1 aromatic rings. The topological polar surface area (TPSA) is 48.4 Å². The van der Waals surface area contributed by atoms with E-state index in [1.165, 1.54) is 12.3 Å². The fourth-order valence-electron chi connectivity index (χ4n) is 1.15. The molecule has 0 aliphatic heterocycles. The van der Waals surface area contributed by atoms with E-state index >= 15 is 0 Å². The highest BCUT2D eigenvalue weighted by Crippen LogP contribution is 2.07. The summed E-state index contributed by atoms with van der Waals surface area (Å²) in [5, 5.41) is 0. The minimum Gasteiger partial charge on any atom is -0.382 e. The molecular weight excluding hydrogens is 213 g/mol. The molecule has 0 radical (unpaired) electrons. The van der Waals surface area contributed by atoms with Crippen molar-refractivity contribution >= 4 is 5.78 Å². The van der Waals surface area contributed by atoms with Crippen LogP contribution in [0.5, 0.6) is 0 Å². The van der Waals surface area contributed by atoms with Crippen molar-refractivity contribution in [1.29, 1.82) is 0 Å². The number of hydrogen-bond donors (Lipinski definition) is 0. The number of hydrogen-bond acceptors (Lipinski definition) is 4. The third-order valence-corrected chi connectivity index (χ3v) is 1.98. The summed E-state index contributed by atoms with van der Waals surface area (Å²) in [5.74, 6) is -0.873. The minimum atomic E-state index is -0.593. The molecule has 0 atom stereocenters. The molecule has 0 amide bonds. The van der Waals surface area contributed by atoms with Gasteiger partial charge in [-0.25, -0.2) is 4.39 Å². The Balaban J connectivity index is 2.33. The highest BCUT2D eigenvalue weighted by molar-refractivity contribution is 5.96. The number of ether oxygens (including phenoxy) is 2. The lowest BCUT2D eigenvalue weighted by Crippen LogP contribution is -2.09. The molecule has 0 aliphatic carbocycles. The van der Waals surface area contributed by atoms with E-state index < -0.39 is 5.82 Å². The lowest BCUT2D eigenvalue weighted by Gasteiger charge is -2.03. The van der Waals surface area contributed by atoms with Crippen molar-refractivity contribution < 1.29 is 18.7 Å². The maximum atomic E-state index is 13.1. The van der Waals surface area contributed by atoms with Crippen molar-refractivity contribution in [3.05, 3.63) is 29.8 Å². The summed E-state index contributed by atoms with van der Waals surface area (Å²) in [7, 11) is 1.57. The molecule has 1 aromatic heterocycles. The van der Waals surface area contributed by atoms with E-state index in [0.29, 0.717) is 13.2 Å². The van der Waals surface area contributed by atoms with Gasteiger partial charge in [-0.15, -0.1) is 0 Å². The number of nitrogens with zero attached hydrogens (tertiary/aromatic N) is 1. The number of Topliss-reactive ketones (excluding diaryl/α,β-unsaturated/α-hetero) is 1. The van der Waals surface area contributed by atoms with E-state index in [9.17, 15) is 9.18 Å². The highest BCUT2D eigenvalue weighted by atomic mass is 19.1. The van der Waals surface area contributed by atoms with Gasteiger partial charge in [-0.2, -0.15) is 0 Å². The van der Waals surface area contributed by atoms with Gasteiger partial charge in [-0.1, -0.05) is 0 Å². The molecule has 16 heavy (non-hydrogen) atoms. The van der Waals surface area contributed by atoms with Gasteiger partial charge >= 0.3 is 0 Å². The van der Waals surface area contributed by atoms with Gasteiger partial charge in [0.15, 0.2) is 11.6 Å². The van der Waals surface area contributed by atoms with E-state index in [0.717, 1.165) is 6.20 Å². The van der Waals surface area contributed by atoms with Crippen LogP contribution in [0, 0.1) is 5.82 Å². The molecule has 0 aromatic carbocycles. The molecule has 1 heterocycles. The summed E-state index contributed by atoms with van der Waals surface area (Å²) in [5.41, 5.74) is 0.0605. The van der Waals surface area contributed by atoms with Crippen molar-refractivity contribution in [2.45, 2.75) is 6.42 Å². The van der Waals surface area contributed by atoms with Crippen molar-refractivity contribution in [2.24, 2.45) is 0 Å². The Labute approximate surface area is 93.4 Å². The Morgan fingerprint density at radius 1 is 1.44 bits per heavy atom. The van der Waals surface area contributed by atoms with Gasteiger partial charge in [0.1, 0.15) is 0 Å². The second kappa shape index (κ2) is 7.03. The molecule has 88 valence electrons. The summed E-state index contributed by atoms with van der Waals surface area (Å²) in [6.07, 6.45) is 2.58. The van der Waals surface area contributed by atoms with Crippen LogP contribution in [0.3, 0.4) is 0 Å². The first-order valence-corrected chi connectivity index (χ1v) is 4.95. The second-order valence-corrected chi connectivity index (χ2v) is 3.13. The average molecular weight is 227 g/mol. The Hall–Kier alpha value is -1.33. The first-order valence-electron chi connectivity index (χ1n) is 4.95. The van der Waals surface area contributed by atoms with Crippen LogP contribution in [-0.2, 0) is 9.47 Å². The molecule has 0 bridgehead atoms. The maximum Gasteiger partial charge on any atom is 0.168 e. The van der Waals surface area contributed by atoms with E-state index in [4.69, 9.17) is 9.47 Å². The number of halogens is 1. The van der Waals surface area contributed by atoms with Crippen LogP contribution in [0.15, 0.2) is 18.5 Å². The number of pyridine rings is 1. The standard InChI is InChI=1S/C11H14FNO3/c1-15-6-7-16-5-3-11(14)9-2-4-13-8-10(9)12/h2,4,8H,3,5-7H2,1H3. The number of aromatic nitrogens is 1. The fraction of sp³-hybridized carbons (Fsp3) is 0.455. The molecule has 0 fully saturated rings. The number of methoxy groups -OCH3 is 1. The maximum absolute atomic E-state index is 13.1. The molecule has 0 unspecified atom stereocenters. The predicted octanol–water partition coefficient (Wildman–Crippen LogP) is 1.46. The zero-order valence-corrected chi connectivity index (χ0v) is 9.11. The van der Waals surface area contributed by atoms with Crippen molar-refractivity contribution in [3.8, 4) is 0 Å². The molecule has 1 rings (SSSR count). The van der Waals surface area contributed by atoms with Gasteiger partial charge in [-0.05, 0) is 6.07 Å².